The van der Waals surface area contributed by atoms with E-state index in [1.54, 1.807) is 6.08 Å². The predicted molar refractivity (Wildman–Crippen MR) is 59.2 cm³/mol. The van der Waals surface area contributed by atoms with Crippen molar-refractivity contribution in [3.63, 3.8) is 0 Å². The summed E-state index contributed by atoms with van der Waals surface area (Å²) < 4.78 is 0. The molecule has 0 fully saturated rings. The Morgan fingerprint density at radius 1 is 1.53 bits per heavy atom. The lowest BCUT2D eigenvalue weighted by molar-refractivity contribution is -0.143. The minimum Gasteiger partial charge on any atom is -0.481 e. The van der Waals surface area contributed by atoms with Gasteiger partial charge in [-0.1, -0.05) is 40.2 Å². The van der Waals surface area contributed by atoms with Gasteiger partial charge in [-0.2, -0.15) is 5.26 Å². The van der Waals surface area contributed by atoms with Crippen LogP contribution in [0.3, 0.4) is 0 Å². The van der Waals surface area contributed by atoms with Gasteiger partial charge in [-0.15, -0.1) is 0 Å². The lowest BCUT2D eigenvalue weighted by Crippen LogP contribution is -2.26. The first-order valence-electron chi connectivity index (χ1n) is 5.16. The Morgan fingerprint density at radius 2 is 2.07 bits per heavy atom. The molecule has 0 bridgehead atoms. The number of hydrogen-bond acceptors (Lipinski definition) is 2. The summed E-state index contributed by atoms with van der Waals surface area (Å²) in [7, 11) is 0. The number of aliphatic carboxylic acids is 1. The van der Waals surface area contributed by atoms with E-state index in [2.05, 4.69) is 6.07 Å². The predicted octanol–water partition coefficient (Wildman–Crippen LogP) is 2.98. The van der Waals surface area contributed by atoms with E-state index in [4.69, 9.17) is 10.4 Å². The summed E-state index contributed by atoms with van der Waals surface area (Å²) in [5.41, 5.74) is 0.210. The zero-order valence-electron chi connectivity index (χ0n) is 9.87. The van der Waals surface area contributed by atoms with Gasteiger partial charge in [0.1, 0.15) is 0 Å². The third-order valence-electron chi connectivity index (χ3n) is 2.23. The first-order valence-corrected chi connectivity index (χ1v) is 5.16. The van der Waals surface area contributed by atoms with E-state index < -0.39 is 11.9 Å². The fourth-order valence-electron chi connectivity index (χ4n) is 1.34. The fourth-order valence-corrected chi connectivity index (χ4v) is 1.34. The van der Waals surface area contributed by atoms with Gasteiger partial charge >= 0.3 is 5.97 Å². The fraction of sp³-hybridized carbons (Fsp3) is 0.667. The number of hydrogen-bond donors (Lipinski definition) is 1. The number of nitriles is 1. The summed E-state index contributed by atoms with van der Waals surface area (Å²) in [5, 5.41) is 17.9. The molecule has 84 valence electrons. The number of carbonyl (C=O) groups is 1. The number of carboxylic acid groups (broad SMARTS) is 1. The molecule has 0 amide bonds. The molecule has 3 heteroatoms. The van der Waals surface area contributed by atoms with Crippen LogP contribution in [0.25, 0.3) is 0 Å². The summed E-state index contributed by atoms with van der Waals surface area (Å²) in [4.78, 5) is 11.0. The molecular formula is C12H19NO2. The monoisotopic (exact) mass is 209 g/mol. The Balaban J connectivity index is 4.97. The van der Waals surface area contributed by atoms with Crippen LogP contribution < -0.4 is 0 Å². The largest absolute Gasteiger partial charge is 0.481 e. The third-order valence-corrected chi connectivity index (χ3v) is 2.23. The average Bonchev–Trinajstić information content (AvgIpc) is 2.09. The molecule has 1 N–H and O–H groups in total. The minimum atomic E-state index is -0.869. The number of nitrogens with zero attached hydrogens (tertiary/aromatic N) is 1. The molecule has 0 rings (SSSR count). The van der Waals surface area contributed by atoms with Gasteiger partial charge in [-0.3, -0.25) is 4.79 Å². The van der Waals surface area contributed by atoms with Crippen LogP contribution in [0.5, 0.6) is 0 Å². The lowest BCUT2D eigenvalue weighted by Gasteiger charge is -2.24. The van der Waals surface area contributed by atoms with Crippen molar-refractivity contribution in [1.82, 2.24) is 0 Å². The number of rotatable bonds is 4. The normalized spacial score (nSPS) is 14.5. The second-order valence-electron chi connectivity index (χ2n) is 4.74. The van der Waals surface area contributed by atoms with E-state index >= 15 is 0 Å². The molecule has 0 aliphatic carbocycles. The highest BCUT2D eigenvalue weighted by molar-refractivity contribution is 5.73. The second-order valence-corrected chi connectivity index (χ2v) is 4.74. The summed E-state index contributed by atoms with van der Waals surface area (Å²) >= 11 is 0. The molecule has 0 aromatic heterocycles. The quantitative estimate of drug-likeness (QED) is 0.724. The maximum absolute atomic E-state index is 11.0. The molecule has 0 radical (unpaired) electrons. The van der Waals surface area contributed by atoms with Crippen molar-refractivity contribution >= 4 is 5.97 Å². The summed E-state index contributed by atoms with van der Waals surface area (Å²) in [6.45, 7) is 7.56. The Hall–Kier alpha value is -1.30. The Labute approximate surface area is 91.4 Å². The van der Waals surface area contributed by atoms with Gasteiger partial charge in [0.25, 0.3) is 0 Å². The molecule has 0 saturated heterocycles. The van der Waals surface area contributed by atoms with Crippen LogP contribution in [0, 0.1) is 22.7 Å². The van der Waals surface area contributed by atoms with Crippen LogP contribution in [-0.4, -0.2) is 11.1 Å². The molecule has 0 spiro atoms. The van der Waals surface area contributed by atoms with Crippen LogP contribution in [-0.2, 0) is 4.79 Å². The van der Waals surface area contributed by atoms with Crippen LogP contribution in [0.2, 0.25) is 0 Å². The zero-order valence-corrected chi connectivity index (χ0v) is 9.87. The molecule has 0 aliphatic heterocycles. The number of allylic oxidation sites excluding steroid dienone is 1. The van der Waals surface area contributed by atoms with E-state index in [1.807, 2.05) is 27.7 Å². The van der Waals surface area contributed by atoms with E-state index in [1.165, 1.54) is 0 Å². The Kier molecular flexibility index (Phi) is 5.07. The highest BCUT2D eigenvalue weighted by Gasteiger charge is 2.29. The van der Waals surface area contributed by atoms with Crippen molar-refractivity contribution in [2.24, 2.45) is 11.3 Å². The maximum atomic E-state index is 11.0. The first-order chi connectivity index (χ1) is 6.82. The maximum Gasteiger partial charge on any atom is 0.310 e. The van der Waals surface area contributed by atoms with E-state index in [-0.39, 0.29) is 5.41 Å². The molecule has 0 saturated carbocycles. The van der Waals surface area contributed by atoms with Crippen LogP contribution in [0.1, 0.15) is 40.5 Å². The summed E-state index contributed by atoms with van der Waals surface area (Å²) in [6, 6.07) is 2.06. The van der Waals surface area contributed by atoms with Crippen molar-refractivity contribution in [1.29, 1.82) is 5.26 Å². The molecule has 15 heavy (non-hydrogen) atoms. The summed E-state index contributed by atoms with van der Waals surface area (Å²) in [5.74, 6) is -1.47. The van der Waals surface area contributed by atoms with Crippen molar-refractivity contribution in [3.05, 3.63) is 11.6 Å². The van der Waals surface area contributed by atoms with Gasteiger partial charge in [0.05, 0.1) is 12.0 Å². The lowest BCUT2D eigenvalue weighted by atomic mass is 9.79. The molecule has 0 aromatic carbocycles. The topological polar surface area (TPSA) is 61.1 Å². The van der Waals surface area contributed by atoms with Gasteiger partial charge in [0.15, 0.2) is 0 Å². The van der Waals surface area contributed by atoms with E-state index in [9.17, 15) is 4.79 Å². The average molecular weight is 209 g/mol. The van der Waals surface area contributed by atoms with Crippen molar-refractivity contribution < 1.29 is 9.90 Å². The van der Waals surface area contributed by atoms with Crippen LogP contribution in [0.15, 0.2) is 11.6 Å². The van der Waals surface area contributed by atoms with Crippen molar-refractivity contribution in [2.75, 3.05) is 0 Å². The van der Waals surface area contributed by atoms with Gasteiger partial charge in [-0.05, 0) is 11.8 Å². The molecule has 3 nitrogen and oxygen atoms in total. The van der Waals surface area contributed by atoms with Crippen LogP contribution in [0.4, 0.5) is 0 Å². The smallest absolute Gasteiger partial charge is 0.310 e. The van der Waals surface area contributed by atoms with Gasteiger partial charge in [0.2, 0.25) is 0 Å². The minimum absolute atomic E-state index is 0.359. The van der Waals surface area contributed by atoms with Gasteiger partial charge in [0, 0.05) is 5.57 Å². The first kappa shape index (κ1) is 13.7. The van der Waals surface area contributed by atoms with Crippen molar-refractivity contribution in [2.45, 2.75) is 40.5 Å². The van der Waals surface area contributed by atoms with E-state index in [0.29, 0.717) is 12.0 Å². The molecule has 1 atom stereocenters. The third kappa shape index (κ3) is 4.64. The zero-order chi connectivity index (χ0) is 12.1. The SMILES string of the molecule is CCC/C(C#N)=C/C(C(=O)O)C(C)(C)C. The highest BCUT2D eigenvalue weighted by Crippen LogP contribution is 2.28. The molecule has 0 aliphatic rings. The highest BCUT2D eigenvalue weighted by atomic mass is 16.4. The van der Waals surface area contributed by atoms with Gasteiger partial charge in [-0.25, -0.2) is 0 Å². The molecule has 0 heterocycles. The second kappa shape index (κ2) is 5.55. The van der Waals surface area contributed by atoms with E-state index in [0.717, 1.165) is 6.42 Å². The molecule has 0 aromatic rings. The Bertz CT molecular complexity index is 292. The van der Waals surface area contributed by atoms with Gasteiger partial charge < -0.3 is 5.11 Å². The van der Waals surface area contributed by atoms with Crippen molar-refractivity contribution in [3.8, 4) is 6.07 Å². The number of carboxylic acids is 1. The molecular weight excluding hydrogens is 190 g/mol. The summed E-state index contributed by atoms with van der Waals surface area (Å²) in [6.07, 6.45) is 3.10. The molecule has 1 unspecified atom stereocenters. The van der Waals surface area contributed by atoms with Crippen LogP contribution >= 0.6 is 0 Å². The Morgan fingerprint density at radius 3 is 2.33 bits per heavy atom. The standard InChI is InChI=1S/C12H19NO2/c1-5-6-9(8-13)7-10(11(14)15)12(2,3)4/h7,10H,5-6H2,1-4H3,(H,14,15)/b9-7-.